The maximum atomic E-state index is 12.3. The number of nitrogens with zero attached hydrogens (tertiary/aromatic N) is 1. The summed E-state index contributed by atoms with van der Waals surface area (Å²) in [6.45, 7) is 6.82. The third kappa shape index (κ3) is 4.50. The zero-order valence-electron chi connectivity index (χ0n) is 15.1. The molecule has 0 aliphatic carbocycles. The Labute approximate surface area is 146 Å². The molecule has 24 heavy (non-hydrogen) atoms. The largest absolute Gasteiger partial charge is 0.370 e. The number of amides is 1. The van der Waals surface area contributed by atoms with Crippen LogP contribution in [0.15, 0.2) is 24.3 Å². The first-order valence-corrected chi connectivity index (χ1v) is 9.48. The Kier molecular flexibility index (Phi) is 5.77. The molecule has 1 aromatic carbocycles. The average Bonchev–Trinajstić information content (AvgIpc) is 2.90. The molecule has 2 aliphatic rings. The first-order chi connectivity index (χ1) is 11.6. The molecule has 3 rings (SSSR count). The van der Waals surface area contributed by atoms with Crippen LogP contribution in [0, 0.1) is 12.8 Å². The van der Waals surface area contributed by atoms with Crippen molar-refractivity contribution in [2.75, 3.05) is 24.5 Å². The molecule has 1 amide bonds. The molecular formula is C20H31N3O. The molecule has 2 bridgehead atoms. The number of carbonyl (C=O) groups excluding carboxylic acids is 1. The molecule has 132 valence electrons. The van der Waals surface area contributed by atoms with Gasteiger partial charge < -0.3 is 15.5 Å². The predicted molar refractivity (Wildman–Crippen MR) is 99.4 cm³/mol. The Hall–Kier alpha value is -1.55. The molecule has 0 saturated carbocycles. The number of hydrogen-bond donors (Lipinski definition) is 2. The van der Waals surface area contributed by atoms with Crippen LogP contribution in [-0.2, 0) is 4.79 Å². The van der Waals surface area contributed by atoms with Crippen LogP contribution in [0.4, 0.5) is 5.69 Å². The van der Waals surface area contributed by atoms with E-state index >= 15 is 0 Å². The number of aryl methyl sites for hydroxylation is 1. The summed E-state index contributed by atoms with van der Waals surface area (Å²) < 4.78 is 0. The first-order valence-electron chi connectivity index (χ1n) is 9.48. The Bertz CT molecular complexity index is 548. The van der Waals surface area contributed by atoms with E-state index in [1.807, 2.05) is 0 Å². The fourth-order valence-electron chi connectivity index (χ4n) is 4.30. The van der Waals surface area contributed by atoms with Crippen LogP contribution in [-0.4, -0.2) is 37.6 Å². The maximum Gasteiger partial charge on any atom is 0.220 e. The van der Waals surface area contributed by atoms with Gasteiger partial charge in [0.1, 0.15) is 0 Å². The highest BCUT2D eigenvalue weighted by Gasteiger charge is 2.34. The van der Waals surface area contributed by atoms with Gasteiger partial charge in [-0.25, -0.2) is 0 Å². The smallest absolute Gasteiger partial charge is 0.220 e. The standard InChI is InChI=1S/C20H31N3O/c1-3-23(19-6-4-5-15(2)11-19)10-9-21-20(24)14-16-12-17-7-8-18(13-16)22-17/h4-6,11,16-18,22H,3,7-10,12-14H2,1-2H3,(H,21,24). The topological polar surface area (TPSA) is 44.4 Å². The van der Waals surface area contributed by atoms with Crippen LogP contribution in [0.2, 0.25) is 0 Å². The van der Waals surface area contributed by atoms with E-state index in [1.165, 1.54) is 36.9 Å². The molecule has 2 aliphatic heterocycles. The summed E-state index contributed by atoms with van der Waals surface area (Å²) in [6, 6.07) is 9.89. The average molecular weight is 329 g/mol. The van der Waals surface area contributed by atoms with E-state index in [9.17, 15) is 4.79 Å². The van der Waals surface area contributed by atoms with Gasteiger partial charge in [-0.2, -0.15) is 0 Å². The van der Waals surface area contributed by atoms with Gasteiger partial charge in [0, 0.05) is 43.8 Å². The summed E-state index contributed by atoms with van der Waals surface area (Å²) in [6.07, 6.45) is 5.64. The number of nitrogens with one attached hydrogen (secondary N) is 2. The van der Waals surface area contributed by atoms with Gasteiger partial charge in [-0.1, -0.05) is 12.1 Å². The monoisotopic (exact) mass is 329 g/mol. The molecule has 2 atom stereocenters. The second kappa shape index (κ2) is 8.02. The Morgan fingerprint density at radius 2 is 2.04 bits per heavy atom. The lowest BCUT2D eigenvalue weighted by molar-refractivity contribution is -0.122. The van der Waals surface area contributed by atoms with Crippen LogP contribution in [0.25, 0.3) is 0 Å². The summed E-state index contributed by atoms with van der Waals surface area (Å²) in [5, 5.41) is 6.77. The van der Waals surface area contributed by atoms with Crippen LogP contribution >= 0.6 is 0 Å². The number of anilines is 1. The fraction of sp³-hybridized carbons (Fsp3) is 0.650. The predicted octanol–water partition coefficient (Wildman–Crippen LogP) is 2.86. The molecule has 2 heterocycles. The van der Waals surface area contributed by atoms with E-state index in [4.69, 9.17) is 0 Å². The number of piperidine rings is 1. The molecule has 1 aromatic rings. The summed E-state index contributed by atoms with van der Waals surface area (Å²) in [5.74, 6) is 0.796. The van der Waals surface area contributed by atoms with Crippen molar-refractivity contribution in [1.82, 2.24) is 10.6 Å². The van der Waals surface area contributed by atoms with Gasteiger partial charge in [-0.15, -0.1) is 0 Å². The van der Waals surface area contributed by atoms with E-state index < -0.39 is 0 Å². The van der Waals surface area contributed by atoms with Crippen molar-refractivity contribution in [2.45, 2.75) is 58.0 Å². The number of benzene rings is 1. The quantitative estimate of drug-likeness (QED) is 0.808. The van der Waals surface area contributed by atoms with Crippen molar-refractivity contribution in [3.05, 3.63) is 29.8 Å². The van der Waals surface area contributed by atoms with Crippen molar-refractivity contribution < 1.29 is 4.79 Å². The van der Waals surface area contributed by atoms with Gasteiger partial charge in [-0.05, 0) is 63.1 Å². The third-order valence-electron chi connectivity index (χ3n) is 5.50. The summed E-state index contributed by atoms with van der Waals surface area (Å²) >= 11 is 0. The lowest BCUT2D eigenvalue weighted by atomic mass is 9.89. The fourth-order valence-corrected chi connectivity index (χ4v) is 4.30. The Balaban J connectivity index is 1.41. The maximum absolute atomic E-state index is 12.3. The van der Waals surface area contributed by atoms with Gasteiger partial charge in [0.05, 0.1) is 0 Å². The second-order valence-corrected chi connectivity index (χ2v) is 7.45. The number of rotatable bonds is 7. The van der Waals surface area contributed by atoms with Crippen molar-refractivity contribution >= 4 is 11.6 Å². The van der Waals surface area contributed by atoms with Gasteiger partial charge in [0.25, 0.3) is 0 Å². The van der Waals surface area contributed by atoms with Crippen LogP contribution in [0.5, 0.6) is 0 Å². The summed E-state index contributed by atoms with van der Waals surface area (Å²) in [4.78, 5) is 14.6. The van der Waals surface area contributed by atoms with Gasteiger partial charge in [0.15, 0.2) is 0 Å². The van der Waals surface area contributed by atoms with E-state index in [0.29, 0.717) is 24.4 Å². The highest BCUT2D eigenvalue weighted by atomic mass is 16.1. The zero-order chi connectivity index (χ0) is 16.9. The van der Waals surface area contributed by atoms with Crippen LogP contribution < -0.4 is 15.5 Å². The van der Waals surface area contributed by atoms with E-state index in [2.05, 4.69) is 53.6 Å². The minimum absolute atomic E-state index is 0.224. The van der Waals surface area contributed by atoms with E-state index in [-0.39, 0.29) is 5.91 Å². The molecule has 0 radical (unpaired) electrons. The highest BCUT2D eigenvalue weighted by Crippen LogP contribution is 2.32. The van der Waals surface area contributed by atoms with E-state index in [1.54, 1.807) is 0 Å². The normalized spacial score (nSPS) is 25.5. The molecule has 0 spiro atoms. The third-order valence-corrected chi connectivity index (χ3v) is 5.50. The Morgan fingerprint density at radius 3 is 2.71 bits per heavy atom. The number of carbonyl (C=O) groups is 1. The SMILES string of the molecule is CCN(CCNC(=O)CC1CC2CCC(C1)N2)c1cccc(C)c1. The van der Waals surface area contributed by atoms with Crippen molar-refractivity contribution in [3.8, 4) is 0 Å². The van der Waals surface area contributed by atoms with Gasteiger partial charge >= 0.3 is 0 Å². The molecule has 0 aromatic heterocycles. The molecule has 2 unspecified atom stereocenters. The number of hydrogen-bond acceptors (Lipinski definition) is 3. The van der Waals surface area contributed by atoms with Crippen molar-refractivity contribution in [3.63, 3.8) is 0 Å². The molecule has 2 fully saturated rings. The Morgan fingerprint density at radius 1 is 1.29 bits per heavy atom. The van der Waals surface area contributed by atoms with Crippen LogP contribution in [0.3, 0.4) is 0 Å². The second-order valence-electron chi connectivity index (χ2n) is 7.45. The van der Waals surface area contributed by atoms with Crippen molar-refractivity contribution in [1.29, 1.82) is 0 Å². The number of fused-ring (bicyclic) bond motifs is 2. The molecule has 4 nitrogen and oxygen atoms in total. The molecular weight excluding hydrogens is 298 g/mol. The molecule has 4 heteroatoms. The van der Waals surface area contributed by atoms with Crippen LogP contribution in [0.1, 0.15) is 44.6 Å². The summed E-state index contributed by atoms with van der Waals surface area (Å²) in [5.41, 5.74) is 2.51. The molecule has 2 saturated heterocycles. The van der Waals surface area contributed by atoms with Crippen molar-refractivity contribution in [2.24, 2.45) is 5.92 Å². The highest BCUT2D eigenvalue weighted by molar-refractivity contribution is 5.76. The van der Waals surface area contributed by atoms with Gasteiger partial charge in [0.2, 0.25) is 5.91 Å². The van der Waals surface area contributed by atoms with E-state index in [0.717, 1.165) is 19.6 Å². The zero-order valence-corrected chi connectivity index (χ0v) is 15.1. The lowest BCUT2D eigenvalue weighted by Crippen LogP contribution is -2.40. The lowest BCUT2D eigenvalue weighted by Gasteiger charge is -2.29. The van der Waals surface area contributed by atoms with Gasteiger partial charge in [-0.3, -0.25) is 4.79 Å². The first kappa shape index (κ1) is 17.3. The summed E-state index contributed by atoms with van der Waals surface area (Å²) in [7, 11) is 0. The minimum Gasteiger partial charge on any atom is -0.370 e. The number of likely N-dealkylation sites (N-methyl/N-ethyl adjacent to an activating group) is 1. The minimum atomic E-state index is 0.224. The molecule has 2 N–H and O–H groups in total.